The summed E-state index contributed by atoms with van der Waals surface area (Å²) in [4.78, 5) is 27.3. The molecule has 0 radical (unpaired) electrons. The van der Waals surface area contributed by atoms with Gasteiger partial charge in [0.05, 0.1) is 24.3 Å². The van der Waals surface area contributed by atoms with Gasteiger partial charge in [-0.3, -0.25) is 4.79 Å². The Morgan fingerprint density at radius 3 is 2.50 bits per heavy atom. The highest BCUT2D eigenvalue weighted by Crippen LogP contribution is 2.29. The molecule has 2 aromatic rings. The van der Waals surface area contributed by atoms with Crippen LogP contribution >= 0.6 is 0 Å². The number of likely N-dealkylation sites (tertiary alicyclic amines) is 1. The van der Waals surface area contributed by atoms with E-state index in [4.69, 9.17) is 10.00 Å². The van der Waals surface area contributed by atoms with E-state index >= 15 is 0 Å². The SMILES string of the molecule is Cc1ccc(C(=O)N2CCC(c3ccc(C#N)cc3)CC2)cc1NC(=O)NC1CCOC1. The summed E-state index contributed by atoms with van der Waals surface area (Å²) < 4.78 is 5.29. The summed E-state index contributed by atoms with van der Waals surface area (Å²) >= 11 is 0. The van der Waals surface area contributed by atoms with E-state index in [1.54, 1.807) is 6.07 Å². The van der Waals surface area contributed by atoms with E-state index in [2.05, 4.69) is 16.7 Å². The Hall–Kier alpha value is -3.37. The monoisotopic (exact) mass is 432 g/mol. The molecule has 0 aromatic heterocycles. The average Bonchev–Trinajstić information content (AvgIpc) is 3.33. The second kappa shape index (κ2) is 9.84. The van der Waals surface area contributed by atoms with Crippen molar-refractivity contribution in [3.05, 3.63) is 64.7 Å². The van der Waals surface area contributed by atoms with Gasteiger partial charge in [0, 0.05) is 30.9 Å². The molecule has 32 heavy (non-hydrogen) atoms. The summed E-state index contributed by atoms with van der Waals surface area (Å²) in [6, 6.07) is 15.1. The molecule has 1 unspecified atom stereocenters. The van der Waals surface area contributed by atoms with Crippen LogP contribution in [0.5, 0.6) is 0 Å². The number of benzene rings is 2. The number of ether oxygens (including phenoxy) is 1. The van der Waals surface area contributed by atoms with Crippen molar-refractivity contribution in [3.63, 3.8) is 0 Å². The number of anilines is 1. The Morgan fingerprint density at radius 1 is 1.09 bits per heavy atom. The number of carbonyl (C=O) groups is 2. The average molecular weight is 433 g/mol. The molecule has 2 aliphatic heterocycles. The maximum Gasteiger partial charge on any atom is 0.319 e. The molecule has 0 spiro atoms. The number of piperidine rings is 1. The summed E-state index contributed by atoms with van der Waals surface area (Å²) in [5.41, 5.74) is 4.00. The van der Waals surface area contributed by atoms with Crippen LogP contribution in [0.25, 0.3) is 0 Å². The third-order valence-electron chi connectivity index (χ3n) is 6.29. The fourth-order valence-corrected chi connectivity index (χ4v) is 4.31. The second-order valence-electron chi connectivity index (χ2n) is 8.49. The first-order chi connectivity index (χ1) is 15.5. The van der Waals surface area contributed by atoms with Crippen LogP contribution in [0.1, 0.15) is 52.2 Å². The van der Waals surface area contributed by atoms with Gasteiger partial charge in [0.15, 0.2) is 0 Å². The van der Waals surface area contributed by atoms with Gasteiger partial charge in [0.25, 0.3) is 5.91 Å². The highest BCUT2D eigenvalue weighted by molar-refractivity contribution is 5.97. The van der Waals surface area contributed by atoms with Crippen LogP contribution in [0, 0.1) is 18.3 Å². The summed E-state index contributed by atoms with van der Waals surface area (Å²) in [5, 5.41) is 14.7. The number of hydrogen-bond donors (Lipinski definition) is 2. The normalized spacial score (nSPS) is 18.8. The van der Waals surface area contributed by atoms with E-state index in [-0.39, 0.29) is 18.0 Å². The molecule has 0 aliphatic carbocycles. The third kappa shape index (κ3) is 5.09. The molecule has 2 heterocycles. The molecule has 3 amide bonds. The van der Waals surface area contributed by atoms with Crippen LogP contribution in [0.4, 0.5) is 10.5 Å². The number of nitrogens with zero attached hydrogens (tertiary/aromatic N) is 2. The van der Waals surface area contributed by atoms with Crippen molar-refractivity contribution in [2.45, 2.75) is 38.1 Å². The fourth-order valence-electron chi connectivity index (χ4n) is 4.31. The largest absolute Gasteiger partial charge is 0.379 e. The van der Waals surface area contributed by atoms with Crippen LogP contribution < -0.4 is 10.6 Å². The van der Waals surface area contributed by atoms with Gasteiger partial charge in [0.2, 0.25) is 0 Å². The van der Waals surface area contributed by atoms with Crippen molar-refractivity contribution in [1.82, 2.24) is 10.2 Å². The van der Waals surface area contributed by atoms with Crippen LogP contribution in [0.2, 0.25) is 0 Å². The lowest BCUT2D eigenvalue weighted by Crippen LogP contribution is -2.39. The lowest BCUT2D eigenvalue weighted by Gasteiger charge is -2.32. The van der Waals surface area contributed by atoms with Crippen molar-refractivity contribution in [3.8, 4) is 6.07 Å². The van der Waals surface area contributed by atoms with Gasteiger partial charge in [-0.05, 0) is 67.5 Å². The Balaban J connectivity index is 1.36. The molecule has 2 N–H and O–H groups in total. The van der Waals surface area contributed by atoms with Gasteiger partial charge < -0.3 is 20.3 Å². The molecule has 2 aliphatic rings. The number of urea groups is 1. The van der Waals surface area contributed by atoms with Gasteiger partial charge >= 0.3 is 6.03 Å². The quantitative estimate of drug-likeness (QED) is 0.768. The van der Waals surface area contributed by atoms with Crippen LogP contribution in [-0.4, -0.2) is 49.2 Å². The Morgan fingerprint density at radius 2 is 1.84 bits per heavy atom. The van der Waals surface area contributed by atoms with E-state index in [9.17, 15) is 9.59 Å². The minimum Gasteiger partial charge on any atom is -0.379 e. The van der Waals surface area contributed by atoms with Crippen LogP contribution in [0.3, 0.4) is 0 Å². The predicted molar refractivity (Wildman–Crippen MR) is 122 cm³/mol. The summed E-state index contributed by atoms with van der Waals surface area (Å²) in [6.45, 7) is 4.47. The first-order valence-electron chi connectivity index (χ1n) is 11.1. The number of amides is 3. The van der Waals surface area contributed by atoms with Crippen molar-refractivity contribution < 1.29 is 14.3 Å². The third-order valence-corrected chi connectivity index (χ3v) is 6.29. The first-order valence-corrected chi connectivity index (χ1v) is 11.1. The van der Waals surface area contributed by atoms with Gasteiger partial charge in [0.1, 0.15) is 0 Å². The lowest BCUT2D eigenvalue weighted by molar-refractivity contribution is 0.0713. The highest BCUT2D eigenvalue weighted by atomic mass is 16.5. The molecule has 2 fully saturated rings. The van der Waals surface area contributed by atoms with Crippen molar-refractivity contribution in [2.24, 2.45) is 0 Å². The van der Waals surface area contributed by atoms with E-state index < -0.39 is 0 Å². The molecular weight excluding hydrogens is 404 g/mol. The molecule has 7 nitrogen and oxygen atoms in total. The Bertz CT molecular complexity index is 1010. The van der Waals surface area contributed by atoms with Gasteiger partial charge in [-0.2, -0.15) is 5.26 Å². The highest BCUT2D eigenvalue weighted by Gasteiger charge is 2.25. The minimum absolute atomic E-state index is 0.0177. The smallest absolute Gasteiger partial charge is 0.319 e. The number of rotatable bonds is 4. The maximum atomic E-state index is 13.1. The number of nitrogens with one attached hydrogen (secondary N) is 2. The molecular formula is C25H28N4O3. The van der Waals surface area contributed by atoms with Gasteiger partial charge in [-0.1, -0.05) is 18.2 Å². The minimum atomic E-state index is -0.281. The predicted octanol–water partition coefficient (Wildman–Crippen LogP) is 3.80. The second-order valence-corrected chi connectivity index (χ2v) is 8.49. The van der Waals surface area contributed by atoms with Gasteiger partial charge in [-0.15, -0.1) is 0 Å². The number of carbonyl (C=O) groups excluding carboxylic acids is 2. The molecule has 7 heteroatoms. The zero-order chi connectivity index (χ0) is 22.5. The standard InChI is InChI=1S/C25H28N4O3/c1-17-2-5-21(14-23(17)28-25(31)27-22-10-13-32-16-22)24(30)29-11-8-20(9-12-29)19-6-3-18(15-26)4-7-19/h2-7,14,20,22H,8-13,16H2,1H3,(H2,27,28,31). The molecule has 0 bridgehead atoms. The molecule has 2 aromatic carbocycles. The van der Waals surface area contributed by atoms with Gasteiger partial charge in [-0.25, -0.2) is 4.79 Å². The Kier molecular flexibility index (Phi) is 6.72. The fraction of sp³-hybridized carbons (Fsp3) is 0.400. The van der Waals surface area contributed by atoms with Crippen molar-refractivity contribution in [2.75, 3.05) is 31.6 Å². The Labute approximate surface area is 188 Å². The van der Waals surface area contributed by atoms with E-state index in [1.807, 2.05) is 48.2 Å². The zero-order valence-electron chi connectivity index (χ0n) is 18.3. The van der Waals surface area contributed by atoms with Crippen LogP contribution in [-0.2, 0) is 4.74 Å². The summed E-state index contributed by atoms with van der Waals surface area (Å²) in [6.07, 6.45) is 2.59. The van der Waals surface area contributed by atoms with Crippen molar-refractivity contribution in [1.29, 1.82) is 5.26 Å². The van der Waals surface area contributed by atoms with Crippen LogP contribution in [0.15, 0.2) is 42.5 Å². The topological polar surface area (TPSA) is 94.5 Å². The molecule has 0 saturated carbocycles. The number of aryl methyl sites for hydroxylation is 1. The number of hydrogen-bond acceptors (Lipinski definition) is 4. The molecule has 1 atom stereocenters. The number of nitriles is 1. The maximum absolute atomic E-state index is 13.1. The summed E-state index contributed by atoms with van der Waals surface area (Å²) in [7, 11) is 0. The molecule has 4 rings (SSSR count). The van der Waals surface area contributed by atoms with E-state index in [0.717, 1.165) is 24.8 Å². The van der Waals surface area contributed by atoms with E-state index in [0.29, 0.717) is 49.0 Å². The molecule has 2 saturated heterocycles. The lowest BCUT2D eigenvalue weighted by atomic mass is 9.89. The summed E-state index contributed by atoms with van der Waals surface area (Å²) in [5.74, 6) is 0.376. The van der Waals surface area contributed by atoms with Crippen molar-refractivity contribution >= 4 is 17.6 Å². The van der Waals surface area contributed by atoms with E-state index in [1.165, 1.54) is 5.56 Å². The zero-order valence-corrected chi connectivity index (χ0v) is 18.3. The first kappa shape index (κ1) is 21.8. The molecule has 166 valence electrons.